The zero-order valence-electron chi connectivity index (χ0n) is 11.7. The Bertz CT molecular complexity index is 563. The molecule has 8 heteroatoms. The fourth-order valence-electron chi connectivity index (χ4n) is 2.44. The fourth-order valence-corrected chi connectivity index (χ4v) is 2.44. The summed E-state index contributed by atoms with van der Waals surface area (Å²) in [7, 11) is 0. The quantitative estimate of drug-likeness (QED) is 0.429. The second-order valence-electron chi connectivity index (χ2n) is 5.22. The molecule has 8 nitrogen and oxygen atoms in total. The van der Waals surface area contributed by atoms with Crippen molar-refractivity contribution in [3.8, 4) is 0 Å². The van der Waals surface area contributed by atoms with Gasteiger partial charge in [-0.15, -0.1) is 0 Å². The molecular weight excluding hydrogens is 276 g/mol. The lowest BCUT2D eigenvalue weighted by atomic mass is 9.96. The van der Waals surface area contributed by atoms with Crippen molar-refractivity contribution >= 4 is 17.3 Å². The predicted octanol–water partition coefficient (Wildman–Crippen LogP) is 0.723. The van der Waals surface area contributed by atoms with E-state index < -0.39 is 11.0 Å². The molecule has 114 valence electrons. The maximum absolute atomic E-state index is 12.5. The van der Waals surface area contributed by atoms with E-state index in [1.165, 1.54) is 18.2 Å². The second-order valence-corrected chi connectivity index (χ2v) is 5.22. The van der Waals surface area contributed by atoms with E-state index in [2.05, 4.69) is 5.43 Å². The second kappa shape index (κ2) is 6.06. The number of benzene rings is 1. The highest BCUT2D eigenvalue weighted by Crippen LogP contribution is 2.25. The van der Waals surface area contributed by atoms with Crippen LogP contribution >= 0.6 is 0 Å². The number of aliphatic hydroxyl groups is 1. The first-order valence-electron chi connectivity index (χ1n) is 6.66. The standard InChI is InChI=1S/C13H18N4O4/c1-8-7-16(5-4-12(8)18)13(19)10-6-9(17(20)21)2-3-11(10)15-14/h2-3,6,8,12,15,18H,4-5,7,14H2,1H3. The van der Waals surface area contributed by atoms with E-state index in [4.69, 9.17) is 5.84 Å². The molecule has 1 aromatic carbocycles. The molecule has 21 heavy (non-hydrogen) atoms. The van der Waals surface area contributed by atoms with E-state index in [1.807, 2.05) is 6.92 Å². The number of piperidine rings is 1. The highest BCUT2D eigenvalue weighted by Gasteiger charge is 2.29. The SMILES string of the molecule is CC1CN(C(=O)c2cc([N+](=O)[O-])ccc2NN)CCC1O. The number of carbonyl (C=O) groups is 1. The largest absolute Gasteiger partial charge is 0.393 e. The van der Waals surface area contributed by atoms with Crippen molar-refractivity contribution in [2.45, 2.75) is 19.4 Å². The molecule has 0 radical (unpaired) electrons. The van der Waals surface area contributed by atoms with Crippen LogP contribution < -0.4 is 11.3 Å². The molecule has 4 N–H and O–H groups in total. The Balaban J connectivity index is 2.29. The number of non-ortho nitro benzene ring substituents is 1. The number of amides is 1. The minimum absolute atomic E-state index is 0.0318. The topological polar surface area (TPSA) is 122 Å². The van der Waals surface area contributed by atoms with Gasteiger partial charge in [0.05, 0.1) is 22.3 Å². The van der Waals surface area contributed by atoms with Crippen LogP contribution in [0.5, 0.6) is 0 Å². The van der Waals surface area contributed by atoms with Gasteiger partial charge in [-0.05, 0) is 18.4 Å². The van der Waals surface area contributed by atoms with Crippen molar-refractivity contribution in [2.75, 3.05) is 18.5 Å². The summed E-state index contributed by atoms with van der Waals surface area (Å²) >= 11 is 0. The van der Waals surface area contributed by atoms with Crippen molar-refractivity contribution in [1.29, 1.82) is 0 Å². The van der Waals surface area contributed by atoms with Gasteiger partial charge < -0.3 is 15.4 Å². The van der Waals surface area contributed by atoms with E-state index in [-0.39, 0.29) is 23.1 Å². The minimum atomic E-state index is -0.556. The molecule has 1 fully saturated rings. The molecule has 1 amide bonds. The van der Waals surface area contributed by atoms with Gasteiger partial charge >= 0.3 is 0 Å². The Morgan fingerprint density at radius 3 is 2.86 bits per heavy atom. The molecule has 1 aromatic rings. The lowest BCUT2D eigenvalue weighted by molar-refractivity contribution is -0.384. The number of nitrogens with zero attached hydrogens (tertiary/aromatic N) is 2. The maximum Gasteiger partial charge on any atom is 0.270 e. The maximum atomic E-state index is 12.5. The summed E-state index contributed by atoms with van der Waals surface area (Å²) in [5.41, 5.74) is 2.72. The molecule has 1 heterocycles. The van der Waals surface area contributed by atoms with Crippen LogP contribution in [0.3, 0.4) is 0 Å². The normalized spacial score (nSPS) is 22.0. The summed E-state index contributed by atoms with van der Waals surface area (Å²) in [6.07, 6.45) is 0.0685. The van der Waals surface area contributed by atoms with E-state index in [0.717, 1.165) is 0 Å². The van der Waals surface area contributed by atoms with E-state index in [1.54, 1.807) is 4.90 Å². The van der Waals surface area contributed by atoms with Gasteiger partial charge in [0, 0.05) is 25.2 Å². The predicted molar refractivity (Wildman–Crippen MR) is 76.6 cm³/mol. The molecule has 0 bridgehead atoms. The smallest absolute Gasteiger partial charge is 0.270 e. The number of hydrogen-bond acceptors (Lipinski definition) is 6. The van der Waals surface area contributed by atoms with Crippen LogP contribution in [0.15, 0.2) is 18.2 Å². The van der Waals surface area contributed by atoms with Gasteiger partial charge in [-0.3, -0.25) is 20.8 Å². The third-order valence-electron chi connectivity index (χ3n) is 3.75. The number of carbonyl (C=O) groups excluding carboxylic acids is 1. The summed E-state index contributed by atoms with van der Waals surface area (Å²) in [5, 5.41) is 20.5. The Morgan fingerprint density at radius 2 is 2.29 bits per heavy atom. The number of hydrazine groups is 1. The number of anilines is 1. The molecule has 1 saturated heterocycles. The van der Waals surface area contributed by atoms with Crippen LogP contribution in [0.2, 0.25) is 0 Å². The number of nitro benzene ring substituents is 1. The molecule has 2 rings (SSSR count). The Hall–Kier alpha value is -2.19. The lowest BCUT2D eigenvalue weighted by Gasteiger charge is -2.34. The molecule has 0 saturated carbocycles. The van der Waals surface area contributed by atoms with Gasteiger partial charge in [0.15, 0.2) is 0 Å². The van der Waals surface area contributed by atoms with E-state index in [0.29, 0.717) is 25.2 Å². The molecule has 2 atom stereocenters. The first kappa shape index (κ1) is 15.2. The number of nitro groups is 1. The van der Waals surface area contributed by atoms with Crippen molar-refractivity contribution in [1.82, 2.24) is 4.90 Å². The van der Waals surface area contributed by atoms with Crippen molar-refractivity contribution in [3.05, 3.63) is 33.9 Å². The highest BCUT2D eigenvalue weighted by atomic mass is 16.6. The zero-order valence-corrected chi connectivity index (χ0v) is 11.7. The number of nitrogen functional groups attached to an aromatic ring is 1. The van der Waals surface area contributed by atoms with Gasteiger partial charge in [0.25, 0.3) is 11.6 Å². The number of hydrogen-bond donors (Lipinski definition) is 3. The number of nitrogens with one attached hydrogen (secondary N) is 1. The average molecular weight is 294 g/mol. The summed E-state index contributed by atoms with van der Waals surface area (Å²) in [6.45, 7) is 2.68. The molecular formula is C13H18N4O4. The molecule has 2 unspecified atom stereocenters. The van der Waals surface area contributed by atoms with Crippen LogP contribution in [0.1, 0.15) is 23.7 Å². The van der Waals surface area contributed by atoms with Gasteiger partial charge in [0.2, 0.25) is 0 Å². The van der Waals surface area contributed by atoms with Crippen molar-refractivity contribution in [2.24, 2.45) is 11.8 Å². The van der Waals surface area contributed by atoms with Crippen LogP contribution in [0.4, 0.5) is 11.4 Å². The Labute approximate surface area is 121 Å². The van der Waals surface area contributed by atoms with E-state index in [9.17, 15) is 20.0 Å². The summed E-state index contributed by atoms with van der Waals surface area (Å²) < 4.78 is 0. The van der Waals surface area contributed by atoms with Crippen LogP contribution in [-0.2, 0) is 0 Å². The number of aliphatic hydroxyl groups excluding tert-OH is 1. The van der Waals surface area contributed by atoms with Crippen molar-refractivity contribution in [3.63, 3.8) is 0 Å². The first-order valence-corrected chi connectivity index (χ1v) is 6.66. The number of rotatable bonds is 3. The monoisotopic (exact) mass is 294 g/mol. The van der Waals surface area contributed by atoms with Gasteiger partial charge in [0.1, 0.15) is 0 Å². The van der Waals surface area contributed by atoms with Gasteiger partial charge in [-0.25, -0.2) is 0 Å². The number of likely N-dealkylation sites (tertiary alicyclic amines) is 1. The highest BCUT2D eigenvalue weighted by molar-refractivity contribution is 6.00. The fraction of sp³-hybridized carbons (Fsp3) is 0.462. The zero-order chi connectivity index (χ0) is 15.6. The summed E-state index contributed by atoms with van der Waals surface area (Å²) in [4.78, 5) is 24.4. The Morgan fingerprint density at radius 1 is 1.57 bits per heavy atom. The molecule has 1 aliphatic heterocycles. The van der Waals surface area contributed by atoms with Crippen LogP contribution in [0, 0.1) is 16.0 Å². The third-order valence-corrected chi connectivity index (χ3v) is 3.75. The molecule has 1 aliphatic rings. The minimum Gasteiger partial charge on any atom is -0.393 e. The Kier molecular flexibility index (Phi) is 4.39. The van der Waals surface area contributed by atoms with E-state index >= 15 is 0 Å². The van der Waals surface area contributed by atoms with Crippen LogP contribution in [-0.4, -0.2) is 40.0 Å². The van der Waals surface area contributed by atoms with Gasteiger partial charge in [-0.2, -0.15) is 0 Å². The molecule has 0 aliphatic carbocycles. The third kappa shape index (κ3) is 3.11. The summed E-state index contributed by atoms with van der Waals surface area (Å²) in [6, 6.07) is 3.91. The lowest BCUT2D eigenvalue weighted by Crippen LogP contribution is -2.45. The molecule has 0 aromatic heterocycles. The van der Waals surface area contributed by atoms with Crippen molar-refractivity contribution < 1.29 is 14.8 Å². The van der Waals surface area contributed by atoms with Crippen LogP contribution in [0.25, 0.3) is 0 Å². The average Bonchev–Trinajstić information content (AvgIpc) is 2.48. The number of nitrogens with two attached hydrogens (primary N) is 1. The van der Waals surface area contributed by atoms with Gasteiger partial charge in [-0.1, -0.05) is 6.92 Å². The first-order chi connectivity index (χ1) is 9.93. The summed E-state index contributed by atoms with van der Waals surface area (Å²) in [5.74, 6) is 5.00. The molecule has 0 spiro atoms.